The molecule has 0 bridgehead atoms. The van der Waals surface area contributed by atoms with Crippen molar-refractivity contribution in [2.75, 3.05) is 0 Å². The van der Waals surface area contributed by atoms with Crippen LogP contribution >= 0.6 is 31.9 Å². The molecular weight excluding hydrogens is 411 g/mol. The van der Waals surface area contributed by atoms with Gasteiger partial charge in [0.2, 0.25) is 0 Å². The minimum atomic E-state index is -1.30. The molecule has 112 valence electrons. The second-order valence-corrected chi connectivity index (χ2v) is 6.21. The molecule has 1 aromatic rings. The molecule has 1 heterocycles. The van der Waals surface area contributed by atoms with Gasteiger partial charge >= 0.3 is 11.9 Å². The maximum Gasteiger partial charge on any atom is 0.348 e. The van der Waals surface area contributed by atoms with E-state index in [4.69, 9.17) is 9.47 Å². The SMILES string of the molecule is CC1(C)OC(=O)C(=Cc2ccc(Br)c(F)c2CBr)C(=O)O1. The highest BCUT2D eigenvalue weighted by atomic mass is 79.9. The fraction of sp³-hybridized carbons (Fsp3) is 0.286. The number of halogens is 3. The average molecular weight is 422 g/mol. The van der Waals surface area contributed by atoms with Gasteiger partial charge in [-0.15, -0.1) is 0 Å². The maximum absolute atomic E-state index is 14.0. The molecule has 2 rings (SSSR count). The monoisotopic (exact) mass is 420 g/mol. The number of esters is 2. The van der Waals surface area contributed by atoms with Crippen LogP contribution in [0.3, 0.4) is 0 Å². The highest BCUT2D eigenvalue weighted by Gasteiger charge is 2.39. The lowest BCUT2D eigenvalue weighted by atomic mass is 10.0. The zero-order valence-electron chi connectivity index (χ0n) is 11.2. The quantitative estimate of drug-likeness (QED) is 0.316. The molecular formula is C14H11Br2FO4. The van der Waals surface area contributed by atoms with Crippen LogP contribution in [-0.4, -0.2) is 17.7 Å². The predicted molar refractivity (Wildman–Crippen MR) is 81.0 cm³/mol. The molecule has 0 N–H and O–H groups in total. The third-order valence-corrected chi connectivity index (χ3v) is 3.96. The van der Waals surface area contributed by atoms with Crippen LogP contribution in [0.25, 0.3) is 6.08 Å². The second-order valence-electron chi connectivity index (χ2n) is 4.80. The van der Waals surface area contributed by atoms with E-state index in [-0.39, 0.29) is 10.9 Å². The molecule has 1 aliphatic rings. The van der Waals surface area contributed by atoms with Crippen molar-refractivity contribution in [3.05, 3.63) is 39.1 Å². The van der Waals surface area contributed by atoms with Gasteiger partial charge in [0.15, 0.2) is 0 Å². The minimum absolute atomic E-state index is 0.229. The number of benzene rings is 1. The number of alkyl halides is 1. The van der Waals surface area contributed by atoms with Gasteiger partial charge in [-0.1, -0.05) is 22.0 Å². The molecule has 0 saturated carbocycles. The van der Waals surface area contributed by atoms with Crippen LogP contribution in [0.4, 0.5) is 4.39 Å². The van der Waals surface area contributed by atoms with Crippen molar-refractivity contribution in [3.8, 4) is 0 Å². The van der Waals surface area contributed by atoms with Gasteiger partial charge in [-0.2, -0.15) is 0 Å². The van der Waals surface area contributed by atoms with Gasteiger partial charge in [-0.05, 0) is 33.6 Å². The standard InChI is InChI=1S/C14H11Br2FO4/c1-14(2)20-12(18)8(13(19)21-14)5-7-3-4-10(16)11(17)9(7)6-15/h3-5H,6H2,1-2H3. The Balaban J connectivity index is 2.47. The molecule has 0 atom stereocenters. The van der Waals surface area contributed by atoms with Crippen molar-refractivity contribution in [2.45, 2.75) is 25.0 Å². The highest BCUT2D eigenvalue weighted by molar-refractivity contribution is 9.10. The van der Waals surface area contributed by atoms with Crippen LogP contribution in [0.15, 0.2) is 22.2 Å². The molecule has 0 radical (unpaired) electrons. The summed E-state index contributed by atoms with van der Waals surface area (Å²) >= 11 is 6.27. The fourth-order valence-corrected chi connectivity index (χ4v) is 2.75. The molecule has 7 heteroatoms. The first-order chi connectivity index (χ1) is 9.75. The maximum atomic E-state index is 14.0. The first-order valence-electron chi connectivity index (χ1n) is 5.96. The van der Waals surface area contributed by atoms with Crippen LogP contribution in [-0.2, 0) is 24.4 Å². The normalized spacial score (nSPS) is 17.3. The molecule has 4 nitrogen and oxygen atoms in total. The van der Waals surface area contributed by atoms with Crippen LogP contribution in [0, 0.1) is 5.82 Å². The Hall–Kier alpha value is -1.21. The number of cyclic esters (lactones) is 2. The van der Waals surface area contributed by atoms with E-state index in [1.54, 1.807) is 6.07 Å². The molecule has 0 aromatic heterocycles. The molecule has 0 aliphatic carbocycles. The van der Waals surface area contributed by atoms with Gasteiger partial charge in [0.25, 0.3) is 5.79 Å². The molecule has 1 aromatic carbocycles. The number of hydrogen-bond acceptors (Lipinski definition) is 4. The topological polar surface area (TPSA) is 52.6 Å². The van der Waals surface area contributed by atoms with Crippen LogP contribution in [0.5, 0.6) is 0 Å². The summed E-state index contributed by atoms with van der Waals surface area (Å²) in [6.07, 6.45) is 1.27. The molecule has 1 fully saturated rings. The van der Waals surface area contributed by atoms with E-state index in [1.165, 1.54) is 26.0 Å². The summed E-state index contributed by atoms with van der Waals surface area (Å²) in [5.41, 5.74) is 0.455. The molecule has 21 heavy (non-hydrogen) atoms. The summed E-state index contributed by atoms with van der Waals surface area (Å²) in [5.74, 6) is -3.34. The van der Waals surface area contributed by atoms with E-state index in [9.17, 15) is 14.0 Å². The minimum Gasteiger partial charge on any atom is -0.419 e. The highest BCUT2D eigenvalue weighted by Crippen LogP contribution is 2.28. The second kappa shape index (κ2) is 5.88. The summed E-state index contributed by atoms with van der Waals surface area (Å²) in [6, 6.07) is 3.09. The lowest BCUT2D eigenvalue weighted by Gasteiger charge is -2.29. The summed E-state index contributed by atoms with van der Waals surface area (Å²) < 4.78 is 24.3. The summed E-state index contributed by atoms with van der Waals surface area (Å²) in [6.45, 7) is 2.92. The van der Waals surface area contributed by atoms with E-state index in [0.29, 0.717) is 15.6 Å². The smallest absolute Gasteiger partial charge is 0.348 e. The molecule has 1 saturated heterocycles. The van der Waals surface area contributed by atoms with Crippen molar-refractivity contribution in [1.82, 2.24) is 0 Å². The van der Waals surface area contributed by atoms with Crippen molar-refractivity contribution < 1.29 is 23.5 Å². The Morgan fingerprint density at radius 1 is 1.24 bits per heavy atom. The van der Waals surface area contributed by atoms with Gasteiger partial charge in [0.1, 0.15) is 11.4 Å². The lowest BCUT2D eigenvalue weighted by Crippen LogP contribution is -2.41. The zero-order valence-corrected chi connectivity index (χ0v) is 14.4. The Kier molecular flexibility index (Phi) is 4.53. The van der Waals surface area contributed by atoms with E-state index in [0.717, 1.165) is 0 Å². The predicted octanol–water partition coefficient (Wildman–Crippen LogP) is 3.70. The number of hydrogen-bond donors (Lipinski definition) is 0. The van der Waals surface area contributed by atoms with E-state index < -0.39 is 23.5 Å². The van der Waals surface area contributed by atoms with Crippen molar-refractivity contribution >= 4 is 49.9 Å². The molecule has 0 unspecified atom stereocenters. The first-order valence-corrected chi connectivity index (χ1v) is 7.88. The van der Waals surface area contributed by atoms with Gasteiger partial charge in [-0.3, -0.25) is 0 Å². The van der Waals surface area contributed by atoms with Crippen LogP contribution < -0.4 is 0 Å². The van der Waals surface area contributed by atoms with Gasteiger partial charge in [0.05, 0.1) is 4.47 Å². The van der Waals surface area contributed by atoms with Crippen molar-refractivity contribution in [2.24, 2.45) is 0 Å². The van der Waals surface area contributed by atoms with E-state index >= 15 is 0 Å². The number of carbonyl (C=O) groups excluding carboxylic acids is 2. The summed E-state index contributed by atoms with van der Waals surface area (Å²) in [5, 5.41) is 0.229. The van der Waals surface area contributed by atoms with Gasteiger partial charge in [-0.25, -0.2) is 14.0 Å². The van der Waals surface area contributed by atoms with Crippen molar-refractivity contribution in [1.29, 1.82) is 0 Å². The Bertz CT molecular complexity index is 631. The zero-order chi connectivity index (χ0) is 15.8. The third-order valence-electron chi connectivity index (χ3n) is 2.78. The Morgan fingerprint density at radius 2 is 1.81 bits per heavy atom. The van der Waals surface area contributed by atoms with E-state index in [1.807, 2.05) is 0 Å². The molecule has 1 aliphatic heterocycles. The van der Waals surface area contributed by atoms with Gasteiger partial charge in [0, 0.05) is 24.7 Å². The Labute approximate surface area is 137 Å². The average Bonchev–Trinajstić information content (AvgIpc) is 2.37. The first kappa shape index (κ1) is 16.2. The van der Waals surface area contributed by atoms with E-state index in [2.05, 4.69) is 31.9 Å². The number of rotatable bonds is 2. The van der Waals surface area contributed by atoms with Crippen LogP contribution in [0.2, 0.25) is 0 Å². The Morgan fingerprint density at radius 3 is 2.33 bits per heavy atom. The van der Waals surface area contributed by atoms with Crippen molar-refractivity contribution in [3.63, 3.8) is 0 Å². The van der Waals surface area contributed by atoms with Crippen LogP contribution in [0.1, 0.15) is 25.0 Å². The fourth-order valence-electron chi connectivity index (χ4n) is 1.81. The van der Waals surface area contributed by atoms with Gasteiger partial charge < -0.3 is 9.47 Å². The molecule has 0 spiro atoms. The summed E-state index contributed by atoms with van der Waals surface area (Å²) in [4.78, 5) is 23.7. The largest absolute Gasteiger partial charge is 0.419 e. The summed E-state index contributed by atoms with van der Waals surface area (Å²) in [7, 11) is 0. The number of ether oxygens (including phenoxy) is 2. The lowest BCUT2D eigenvalue weighted by molar-refractivity contribution is -0.222. The molecule has 0 amide bonds. The third kappa shape index (κ3) is 3.35. The number of carbonyl (C=O) groups is 2.